The van der Waals surface area contributed by atoms with E-state index in [1.807, 2.05) is 13.8 Å². The van der Waals surface area contributed by atoms with Gasteiger partial charge >= 0.3 is 0 Å². The summed E-state index contributed by atoms with van der Waals surface area (Å²) in [6.45, 7) is 5.89. The summed E-state index contributed by atoms with van der Waals surface area (Å²) in [5.41, 5.74) is 2.58. The molecule has 1 aromatic heterocycles. The monoisotopic (exact) mass is 253 g/mol. The molecule has 2 rings (SSSR count). The van der Waals surface area contributed by atoms with Crippen molar-refractivity contribution in [2.75, 3.05) is 11.4 Å². The number of carbonyl (C=O) groups is 2. The van der Waals surface area contributed by atoms with E-state index in [4.69, 9.17) is 0 Å². The topological polar surface area (TPSA) is 66.1 Å². The van der Waals surface area contributed by atoms with E-state index in [0.29, 0.717) is 13.0 Å². The number of aromatic nitrogens is 2. The summed E-state index contributed by atoms with van der Waals surface area (Å²) < 4.78 is 0. The van der Waals surface area contributed by atoms with Gasteiger partial charge in [-0.1, -0.05) is 11.8 Å². The van der Waals surface area contributed by atoms with Crippen LogP contribution in [-0.4, -0.2) is 33.0 Å². The van der Waals surface area contributed by atoms with E-state index in [2.05, 4.69) is 10.2 Å². The molecule has 0 aliphatic carbocycles. The lowest BCUT2D eigenvalue weighted by Gasteiger charge is -2.16. The Morgan fingerprint density at radius 3 is 2.76 bits per heavy atom. The molecule has 1 aliphatic rings. The minimum atomic E-state index is 0.0605. The van der Waals surface area contributed by atoms with Crippen LogP contribution in [0.3, 0.4) is 0 Å². The summed E-state index contributed by atoms with van der Waals surface area (Å²) in [6.07, 6.45) is 0.425. The zero-order valence-corrected chi connectivity index (χ0v) is 10.9. The second-order valence-electron chi connectivity index (χ2n) is 4.22. The Morgan fingerprint density at radius 2 is 2.24 bits per heavy atom. The maximum Gasteiger partial charge on any atom is 0.228 e. The quantitative estimate of drug-likeness (QED) is 0.865. The number of hydrogen-bond donors (Lipinski definition) is 1. The van der Waals surface area contributed by atoms with Gasteiger partial charge in [-0.15, -0.1) is 0 Å². The van der Waals surface area contributed by atoms with Crippen molar-refractivity contribution in [1.29, 1.82) is 0 Å². The van der Waals surface area contributed by atoms with Crippen molar-refractivity contribution in [3.05, 3.63) is 11.4 Å². The van der Waals surface area contributed by atoms with Crippen molar-refractivity contribution in [2.45, 2.75) is 32.4 Å². The van der Waals surface area contributed by atoms with E-state index in [0.717, 1.165) is 17.1 Å². The third-order valence-corrected chi connectivity index (χ3v) is 3.76. The number of anilines is 1. The Balaban J connectivity index is 2.19. The summed E-state index contributed by atoms with van der Waals surface area (Å²) in [6, 6.07) is 0. The Morgan fingerprint density at radius 1 is 1.53 bits per heavy atom. The number of thioether (sulfide) groups is 1. The standard InChI is InChI=1S/C11H15N3O2S/c1-6-11(7(2)13-12-6)14-5-9(4-10(14)16)17-8(3)15/h9H,4-5H2,1-3H3,(H,12,13). The molecular formula is C11H15N3O2S. The van der Waals surface area contributed by atoms with Gasteiger partial charge in [-0.2, -0.15) is 5.10 Å². The Labute approximate surface area is 104 Å². The molecule has 1 saturated heterocycles. The molecule has 0 saturated carbocycles. The maximum absolute atomic E-state index is 11.9. The minimum absolute atomic E-state index is 0.0605. The highest BCUT2D eigenvalue weighted by atomic mass is 32.2. The third kappa shape index (κ3) is 2.36. The maximum atomic E-state index is 11.9. The predicted octanol–water partition coefficient (Wildman–Crippen LogP) is 1.41. The van der Waals surface area contributed by atoms with Gasteiger partial charge in [0, 0.05) is 25.1 Å². The van der Waals surface area contributed by atoms with Gasteiger partial charge in [0.2, 0.25) is 5.91 Å². The number of aryl methyl sites for hydroxylation is 2. The van der Waals surface area contributed by atoms with Crippen LogP contribution in [0.1, 0.15) is 24.7 Å². The van der Waals surface area contributed by atoms with Gasteiger partial charge in [-0.25, -0.2) is 0 Å². The van der Waals surface area contributed by atoms with Crippen molar-refractivity contribution in [1.82, 2.24) is 10.2 Å². The molecule has 17 heavy (non-hydrogen) atoms. The molecule has 0 spiro atoms. The van der Waals surface area contributed by atoms with Gasteiger partial charge in [0.05, 0.1) is 17.1 Å². The van der Waals surface area contributed by atoms with Gasteiger partial charge in [-0.05, 0) is 13.8 Å². The van der Waals surface area contributed by atoms with E-state index < -0.39 is 0 Å². The Bertz CT molecular complexity index is 450. The predicted molar refractivity (Wildman–Crippen MR) is 67.1 cm³/mol. The summed E-state index contributed by atoms with van der Waals surface area (Å²) in [7, 11) is 0. The molecule has 6 heteroatoms. The smallest absolute Gasteiger partial charge is 0.228 e. The minimum Gasteiger partial charge on any atom is -0.308 e. The van der Waals surface area contributed by atoms with E-state index in [1.54, 1.807) is 4.90 Å². The van der Waals surface area contributed by atoms with Crippen LogP contribution in [-0.2, 0) is 9.59 Å². The molecule has 2 heterocycles. The lowest BCUT2D eigenvalue weighted by Crippen LogP contribution is -2.26. The van der Waals surface area contributed by atoms with Crippen LogP contribution in [0.15, 0.2) is 0 Å². The molecule has 0 radical (unpaired) electrons. The molecule has 1 aliphatic heterocycles. The van der Waals surface area contributed by atoms with Crippen molar-refractivity contribution >= 4 is 28.5 Å². The molecule has 1 aromatic rings. The number of hydrogen-bond acceptors (Lipinski definition) is 4. The van der Waals surface area contributed by atoms with E-state index >= 15 is 0 Å². The fraction of sp³-hybridized carbons (Fsp3) is 0.545. The fourth-order valence-corrected chi connectivity index (χ4v) is 3.07. The molecule has 1 unspecified atom stereocenters. The van der Waals surface area contributed by atoms with E-state index in [-0.39, 0.29) is 16.3 Å². The van der Waals surface area contributed by atoms with Gasteiger partial charge < -0.3 is 4.90 Å². The average Bonchev–Trinajstić information content (AvgIpc) is 2.70. The first-order valence-corrected chi connectivity index (χ1v) is 6.36. The molecule has 0 aromatic carbocycles. The third-order valence-electron chi connectivity index (χ3n) is 2.78. The summed E-state index contributed by atoms with van der Waals surface area (Å²) in [5.74, 6) is 0.0661. The van der Waals surface area contributed by atoms with Crippen molar-refractivity contribution < 1.29 is 9.59 Å². The molecule has 0 bridgehead atoms. The molecule has 5 nitrogen and oxygen atoms in total. The van der Waals surface area contributed by atoms with Crippen LogP contribution in [0.5, 0.6) is 0 Å². The number of nitrogens with one attached hydrogen (secondary N) is 1. The SMILES string of the molecule is CC(=O)SC1CC(=O)N(c2c(C)n[nH]c2C)C1. The summed E-state index contributed by atoms with van der Waals surface area (Å²) in [5, 5.41) is 7.08. The second-order valence-corrected chi connectivity index (χ2v) is 5.70. The molecule has 1 atom stereocenters. The normalized spacial score (nSPS) is 20.1. The van der Waals surface area contributed by atoms with Crippen molar-refractivity contribution in [3.63, 3.8) is 0 Å². The number of H-pyrrole nitrogens is 1. The molecule has 1 fully saturated rings. The summed E-state index contributed by atoms with van der Waals surface area (Å²) in [4.78, 5) is 24.7. The van der Waals surface area contributed by atoms with Gasteiger partial charge in [0.15, 0.2) is 5.12 Å². The van der Waals surface area contributed by atoms with Crippen LogP contribution < -0.4 is 4.90 Å². The largest absolute Gasteiger partial charge is 0.308 e. The molecule has 1 N–H and O–H groups in total. The average molecular weight is 253 g/mol. The van der Waals surface area contributed by atoms with Crippen LogP contribution >= 0.6 is 11.8 Å². The number of rotatable bonds is 2. The zero-order valence-electron chi connectivity index (χ0n) is 10.1. The van der Waals surface area contributed by atoms with Crippen molar-refractivity contribution in [3.8, 4) is 0 Å². The highest BCUT2D eigenvalue weighted by molar-refractivity contribution is 8.14. The number of nitrogens with zero attached hydrogens (tertiary/aromatic N) is 2. The van der Waals surface area contributed by atoms with Crippen LogP contribution in [0, 0.1) is 13.8 Å². The first kappa shape index (κ1) is 12.2. The zero-order chi connectivity index (χ0) is 12.6. The second kappa shape index (κ2) is 4.52. The number of carbonyl (C=O) groups excluding carboxylic acids is 2. The molecule has 92 valence electrons. The summed E-state index contributed by atoms with van der Waals surface area (Å²) >= 11 is 1.25. The highest BCUT2D eigenvalue weighted by Crippen LogP contribution is 2.31. The van der Waals surface area contributed by atoms with E-state index in [1.165, 1.54) is 18.7 Å². The first-order chi connectivity index (χ1) is 7.99. The van der Waals surface area contributed by atoms with Crippen LogP contribution in [0.25, 0.3) is 0 Å². The first-order valence-electron chi connectivity index (χ1n) is 5.48. The molecular weight excluding hydrogens is 238 g/mol. The highest BCUT2D eigenvalue weighted by Gasteiger charge is 2.34. The van der Waals surface area contributed by atoms with Gasteiger partial charge in [-0.3, -0.25) is 14.7 Å². The Kier molecular flexibility index (Phi) is 3.24. The molecule has 1 amide bonds. The van der Waals surface area contributed by atoms with Crippen LogP contribution in [0.4, 0.5) is 5.69 Å². The lowest BCUT2D eigenvalue weighted by atomic mass is 10.3. The Hall–Kier alpha value is -1.30. The van der Waals surface area contributed by atoms with Crippen molar-refractivity contribution in [2.24, 2.45) is 0 Å². The lowest BCUT2D eigenvalue weighted by molar-refractivity contribution is -0.117. The fourth-order valence-electron chi connectivity index (χ4n) is 2.15. The van der Waals surface area contributed by atoms with Gasteiger partial charge in [0.1, 0.15) is 0 Å². The van der Waals surface area contributed by atoms with E-state index in [9.17, 15) is 9.59 Å². The number of aromatic amines is 1. The van der Waals surface area contributed by atoms with Gasteiger partial charge in [0.25, 0.3) is 0 Å². The van der Waals surface area contributed by atoms with Crippen LogP contribution in [0.2, 0.25) is 0 Å². The number of amides is 1.